The van der Waals surface area contributed by atoms with Crippen LogP contribution in [0.4, 0.5) is 0 Å². The molecular weight excluding hydrogens is 324 g/mol. The zero-order valence-corrected chi connectivity index (χ0v) is 16.6. The van der Waals surface area contributed by atoms with E-state index in [1.165, 1.54) is 51.4 Å². The first-order chi connectivity index (χ1) is 12.7. The van der Waals surface area contributed by atoms with Crippen LogP contribution in [-0.4, -0.2) is 17.7 Å². The van der Waals surface area contributed by atoms with Crippen molar-refractivity contribution in [2.24, 2.45) is 0 Å². The van der Waals surface area contributed by atoms with Crippen LogP contribution in [0.1, 0.15) is 88.7 Å². The van der Waals surface area contributed by atoms with E-state index in [9.17, 15) is 9.90 Å². The number of benzene rings is 1. The van der Waals surface area contributed by atoms with E-state index in [2.05, 4.69) is 19.1 Å². The van der Waals surface area contributed by atoms with E-state index in [1.54, 1.807) is 6.92 Å². The molecule has 0 fully saturated rings. The Kier molecular flexibility index (Phi) is 12.6. The number of ether oxygens (including phenoxy) is 1. The van der Waals surface area contributed by atoms with Gasteiger partial charge in [0.15, 0.2) is 0 Å². The predicted molar refractivity (Wildman–Crippen MR) is 109 cm³/mol. The maximum atomic E-state index is 11.2. The molecule has 3 nitrogen and oxygen atoms in total. The van der Waals surface area contributed by atoms with Crippen molar-refractivity contribution in [2.45, 2.75) is 84.2 Å². The van der Waals surface area contributed by atoms with Crippen LogP contribution in [0, 0.1) is 0 Å². The van der Waals surface area contributed by atoms with Gasteiger partial charge in [0, 0.05) is 0 Å². The summed E-state index contributed by atoms with van der Waals surface area (Å²) in [5.74, 6) is -1.31. The van der Waals surface area contributed by atoms with E-state index in [4.69, 9.17) is 4.74 Å². The topological polar surface area (TPSA) is 46.5 Å². The minimum atomic E-state index is -0.803. The SMILES string of the molecule is CCCCCCCCCCC=CCOCc1ccccc1C(C)C(=O)O. The van der Waals surface area contributed by atoms with Gasteiger partial charge in [0.2, 0.25) is 0 Å². The van der Waals surface area contributed by atoms with Gasteiger partial charge in [0.25, 0.3) is 0 Å². The monoisotopic (exact) mass is 360 g/mol. The third kappa shape index (κ3) is 9.76. The maximum absolute atomic E-state index is 11.2. The molecule has 3 heteroatoms. The van der Waals surface area contributed by atoms with E-state index < -0.39 is 11.9 Å². The van der Waals surface area contributed by atoms with E-state index in [-0.39, 0.29) is 0 Å². The molecule has 1 aromatic carbocycles. The van der Waals surface area contributed by atoms with Gasteiger partial charge >= 0.3 is 5.97 Å². The summed E-state index contributed by atoms with van der Waals surface area (Å²) >= 11 is 0. The van der Waals surface area contributed by atoms with Crippen molar-refractivity contribution in [1.29, 1.82) is 0 Å². The van der Waals surface area contributed by atoms with Gasteiger partial charge in [0.1, 0.15) is 0 Å². The van der Waals surface area contributed by atoms with Crippen LogP contribution in [-0.2, 0) is 16.1 Å². The summed E-state index contributed by atoms with van der Waals surface area (Å²) in [7, 11) is 0. The number of carboxylic acid groups (broad SMARTS) is 1. The van der Waals surface area contributed by atoms with E-state index >= 15 is 0 Å². The predicted octanol–water partition coefficient (Wildman–Crippen LogP) is 6.48. The van der Waals surface area contributed by atoms with Crippen molar-refractivity contribution >= 4 is 5.97 Å². The van der Waals surface area contributed by atoms with Crippen LogP contribution in [0.5, 0.6) is 0 Å². The Morgan fingerprint density at radius 2 is 1.69 bits per heavy atom. The van der Waals surface area contributed by atoms with Gasteiger partial charge in [-0.25, -0.2) is 0 Å². The Bertz CT molecular complexity index is 522. The highest BCUT2D eigenvalue weighted by atomic mass is 16.5. The molecule has 0 radical (unpaired) electrons. The van der Waals surface area contributed by atoms with Gasteiger partial charge in [-0.1, -0.05) is 88.3 Å². The summed E-state index contributed by atoms with van der Waals surface area (Å²) < 4.78 is 5.69. The van der Waals surface area contributed by atoms with Gasteiger partial charge < -0.3 is 9.84 Å². The van der Waals surface area contributed by atoms with Crippen LogP contribution >= 0.6 is 0 Å². The molecule has 1 N–H and O–H groups in total. The Labute approximate surface area is 159 Å². The smallest absolute Gasteiger partial charge is 0.310 e. The lowest BCUT2D eigenvalue weighted by Gasteiger charge is -2.12. The second-order valence-corrected chi connectivity index (χ2v) is 7.01. The Balaban J connectivity index is 2.12. The molecule has 0 aliphatic heterocycles. The lowest BCUT2D eigenvalue weighted by molar-refractivity contribution is -0.138. The number of aliphatic carboxylic acids is 1. The number of carbonyl (C=O) groups is 1. The van der Waals surface area contributed by atoms with E-state index in [0.717, 1.165) is 17.5 Å². The molecule has 0 bridgehead atoms. The highest BCUT2D eigenvalue weighted by Crippen LogP contribution is 2.20. The number of hydrogen-bond donors (Lipinski definition) is 1. The van der Waals surface area contributed by atoms with E-state index in [0.29, 0.717) is 13.2 Å². The van der Waals surface area contributed by atoms with Crippen molar-refractivity contribution in [3.8, 4) is 0 Å². The Hall–Kier alpha value is -1.61. The van der Waals surface area contributed by atoms with Gasteiger partial charge in [-0.05, 0) is 30.9 Å². The lowest BCUT2D eigenvalue weighted by Crippen LogP contribution is -2.10. The van der Waals surface area contributed by atoms with E-state index in [1.807, 2.05) is 24.3 Å². The molecule has 1 atom stereocenters. The molecule has 1 rings (SSSR count). The second-order valence-electron chi connectivity index (χ2n) is 7.01. The molecule has 0 aliphatic carbocycles. The number of hydrogen-bond acceptors (Lipinski definition) is 2. The van der Waals surface area contributed by atoms with Crippen LogP contribution in [0.2, 0.25) is 0 Å². The summed E-state index contributed by atoms with van der Waals surface area (Å²) in [5, 5.41) is 9.19. The summed E-state index contributed by atoms with van der Waals surface area (Å²) in [4.78, 5) is 11.2. The third-order valence-electron chi connectivity index (χ3n) is 4.75. The fourth-order valence-corrected chi connectivity index (χ4v) is 3.04. The molecule has 0 amide bonds. The molecule has 0 saturated heterocycles. The van der Waals surface area contributed by atoms with Crippen LogP contribution in [0.25, 0.3) is 0 Å². The van der Waals surface area contributed by atoms with Gasteiger partial charge in [0.05, 0.1) is 19.1 Å². The molecule has 1 unspecified atom stereocenters. The molecule has 0 heterocycles. The summed E-state index contributed by atoms with van der Waals surface area (Å²) in [6, 6.07) is 7.62. The molecule has 1 aromatic rings. The molecule has 0 aromatic heterocycles. The number of unbranched alkanes of at least 4 members (excludes halogenated alkanes) is 8. The summed E-state index contributed by atoms with van der Waals surface area (Å²) in [6.07, 6.45) is 16.2. The standard InChI is InChI=1S/C23H36O3/c1-3-4-5-6-7-8-9-10-11-12-15-18-26-19-21-16-13-14-17-22(21)20(2)23(24)25/h12-17,20H,3-11,18-19H2,1-2H3,(H,24,25). The van der Waals surface area contributed by atoms with Gasteiger partial charge in [-0.2, -0.15) is 0 Å². The van der Waals surface area contributed by atoms with Crippen LogP contribution < -0.4 is 0 Å². The van der Waals surface area contributed by atoms with Crippen LogP contribution in [0.15, 0.2) is 36.4 Å². The first-order valence-corrected chi connectivity index (χ1v) is 10.2. The van der Waals surface area contributed by atoms with Crippen molar-refractivity contribution < 1.29 is 14.6 Å². The summed E-state index contributed by atoms with van der Waals surface area (Å²) in [6.45, 7) is 5.00. The fraction of sp³-hybridized carbons (Fsp3) is 0.609. The Morgan fingerprint density at radius 3 is 2.38 bits per heavy atom. The number of carboxylic acids is 1. The average molecular weight is 361 g/mol. The van der Waals surface area contributed by atoms with Crippen LogP contribution in [0.3, 0.4) is 0 Å². The number of allylic oxidation sites excluding steroid dienone is 1. The zero-order valence-electron chi connectivity index (χ0n) is 16.6. The molecule has 0 saturated carbocycles. The normalized spacial score (nSPS) is 12.5. The lowest BCUT2D eigenvalue weighted by atomic mass is 9.96. The maximum Gasteiger partial charge on any atom is 0.310 e. The largest absolute Gasteiger partial charge is 0.481 e. The quantitative estimate of drug-likeness (QED) is 0.288. The second kappa shape index (κ2) is 14.5. The first kappa shape index (κ1) is 22.4. The highest BCUT2D eigenvalue weighted by Gasteiger charge is 2.16. The fourth-order valence-electron chi connectivity index (χ4n) is 3.04. The van der Waals surface area contributed by atoms with Crippen molar-refractivity contribution in [3.63, 3.8) is 0 Å². The number of rotatable bonds is 15. The van der Waals surface area contributed by atoms with Crippen molar-refractivity contribution in [1.82, 2.24) is 0 Å². The zero-order chi connectivity index (χ0) is 19.0. The molecule has 0 aliphatic rings. The Morgan fingerprint density at radius 1 is 1.04 bits per heavy atom. The minimum absolute atomic E-state index is 0.454. The average Bonchev–Trinajstić information content (AvgIpc) is 2.65. The first-order valence-electron chi connectivity index (χ1n) is 10.2. The van der Waals surface area contributed by atoms with Gasteiger partial charge in [-0.3, -0.25) is 4.79 Å². The third-order valence-corrected chi connectivity index (χ3v) is 4.75. The van der Waals surface area contributed by atoms with Gasteiger partial charge in [-0.15, -0.1) is 0 Å². The molecule has 146 valence electrons. The highest BCUT2D eigenvalue weighted by molar-refractivity contribution is 5.76. The molecule has 26 heavy (non-hydrogen) atoms. The van der Waals surface area contributed by atoms with Crippen molar-refractivity contribution in [2.75, 3.05) is 6.61 Å². The molecular formula is C23H36O3. The molecule has 0 spiro atoms. The summed E-state index contributed by atoms with van der Waals surface area (Å²) in [5.41, 5.74) is 1.79. The van der Waals surface area contributed by atoms with Crippen molar-refractivity contribution in [3.05, 3.63) is 47.5 Å². The minimum Gasteiger partial charge on any atom is -0.481 e.